The molecular formula is C12H22N2O2. The van der Waals surface area contributed by atoms with E-state index >= 15 is 0 Å². The first-order valence-corrected chi connectivity index (χ1v) is 6.40. The summed E-state index contributed by atoms with van der Waals surface area (Å²) in [6, 6.07) is 0.480. The average molecular weight is 226 g/mol. The summed E-state index contributed by atoms with van der Waals surface area (Å²) in [4.78, 5) is 13.8. The molecule has 92 valence electrons. The lowest BCUT2D eigenvalue weighted by Crippen LogP contribution is -2.30. The Labute approximate surface area is 97.0 Å². The Morgan fingerprint density at radius 3 is 2.88 bits per heavy atom. The summed E-state index contributed by atoms with van der Waals surface area (Å²) in [6.45, 7) is 3.31. The lowest BCUT2D eigenvalue weighted by atomic mass is 10.1. The SMILES string of the molecule is O=C(CCN1CCC(CCO)C1)NC1CC1. The number of aliphatic hydroxyl groups excluding tert-OH is 1. The first-order chi connectivity index (χ1) is 7.78. The minimum atomic E-state index is 0.202. The van der Waals surface area contributed by atoms with Crippen LogP contribution in [0.5, 0.6) is 0 Å². The first-order valence-electron chi connectivity index (χ1n) is 6.40. The highest BCUT2D eigenvalue weighted by Crippen LogP contribution is 2.20. The Morgan fingerprint density at radius 2 is 2.19 bits per heavy atom. The van der Waals surface area contributed by atoms with Gasteiger partial charge in [-0.1, -0.05) is 0 Å². The average Bonchev–Trinajstić information content (AvgIpc) is 2.95. The number of hydrogen-bond donors (Lipinski definition) is 2. The van der Waals surface area contributed by atoms with Crippen LogP contribution in [0.3, 0.4) is 0 Å². The van der Waals surface area contributed by atoms with Gasteiger partial charge < -0.3 is 15.3 Å². The Hall–Kier alpha value is -0.610. The topological polar surface area (TPSA) is 52.6 Å². The second-order valence-electron chi connectivity index (χ2n) is 5.06. The van der Waals surface area contributed by atoms with Crippen LogP contribution in [0.15, 0.2) is 0 Å². The van der Waals surface area contributed by atoms with Crippen LogP contribution in [0, 0.1) is 5.92 Å². The summed E-state index contributed by atoms with van der Waals surface area (Å²) in [5, 5.41) is 11.9. The summed E-state index contributed by atoms with van der Waals surface area (Å²) in [7, 11) is 0. The number of amides is 1. The van der Waals surface area contributed by atoms with E-state index in [2.05, 4.69) is 10.2 Å². The molecule has 1 amide bonds. The summed E-state index contributed by atoms with van der Waals surface area (Å²) >= 11 is 0. The number of carbonyl (C=O) groups excluding carboxylic acids is 1. The van der Waals surface area contributed by atoms with Crippen LogP contribution in [0.4, 0.5) is 0 Å². The zero-order chi connectivity index (χ0) is 11.4. The standard InChI is InChI=1S/C12H22N2O2/c15-8-5-10-3-6-14(9-10)7-4-12(16)13-11-1-2-11/h10-11,15H,1-9H2,(H,13,16). The number of likely N-dealkylation sites (tertiary alicyclic amines) is 1. The van der Waals surface area contributed by atoms with Crippen molar-refractivity contribution in [2.45, 2.75) is 38.1 Å². The number of nitrogens with one attached hydrogen (secondary N) is 1. The van der Waals surface area contributed by atoms with Gasteiger partial charge in [-0.05, 0) is 38.1 Å². The highest BCUT2D eigenvalue weighted by atomic mass is 16.3. The van der Waals surface area contributed by atoms with E-state index in [0.29, 0.717) is 25.0 Å². The van der Waals surface area contributed by atoms with Gasteiger partial charge in [-0.3, -0.25) is 4.79 Å². The summed E-state index contributed by atoms with van der Waals surface area (Å²) in [6.07, 6.45) is 5.03. The van der Waals surface area contributed by atoms with E-state index in [-0.39, 0.29) is 5.91 Å². The molecule has 0 radical (unpaired) electrons. The van der Waals surface area contributed by atoms with Crippen molar-refractivity contribution in [3.05, 3.63) is 0 Å². The summed E-state index contributed by atoms with van der Waals surface area (Å²) < 4.78 is 0. The second-order valence-corrected chi connectivity index (χ2v) is 5.06. The van der Waals surface area contributed by atoms with E-state index in [4.69, 9.17) is 5.11 Å². The van der Waals surface area contributed by atoms with Gasteiger partial charge in [0.2, 0.25) is 5.91 Å². The Kier molecular flexibility index (Phi) is 4.18. The molecule has 1 aliphatic heterocycles. The van der Waals surface area contributed by atoms with Crippen molar-refractivity contribution in [3.63, 3.8) is 0 Å². The van der Waals surface area contributed by atoms with Crippen molar-refractivity contribution >= 4 is 5.91 Å². The van der Waals surface area contributed by atoms with Gasteiger partial charge in [0.1, 0.15) is 0 Å². The summed E-state index contributed by atoms with van der Waals surface area (Å²) in [5.74, 6) is 0.838. The molecular weight excluding hydrogens is 204 g/mol. The van der Waals surface area contributed by atoms with Crippen LogP contribution in [-0.2, 0) is 4.79 Å². The molecule has 0 aromatic rings. The zero-order valence-electron chi connectivity index (χ0n) is 9.82. The molecule has 1 aliphatic carbocycles. The molecule has 1 saturated carbocycles. The van der Waals surface area contributed by atoms with E-state index in [0.717, 1.165) is 38.9 Å². The maximum atomic E-state index is 11.5. The van der Waals surface area contributed by atoms with Crippen molar-refractivity contribution in [2.75, 3.05) is 26.2 Å². The number of nitrogens with zero attached hydrogens (tertiary/aromatic N) is 1. The third-order valence-electron chi connectivity index (χ3n) is 3.50. The van der Waals surface area contributed by atoms with E-state index in [1.54, 1.807) is 0 Å². The fourth-order valence-corrected chi connectivity index (χ4v) is 2.32. The molecule has 1 atom stereocenters. The maximum Gasteiger partial charge on any atom is 0.221 e. The minimum absolute atomic E-state index is 0.202. The van der Waals surface area contributed by atoms with Crippen molar-refractivity contribution in [1.82, 2.24) is 10.2 Å². The van der Waals surface area contributed by atoms with E-state index < -0.39 is 0 Å². The van der Waals surface area contributed by atoms with Crippen LogP contribution in [0.1, 0.15) is 32.1 Å². The van der Waals surface area contributed by atoms with Gasteiger partial charge in [-0.2, -0.15) is 0 Å². The predicted molar refractivity (Wildman–Crippen MR) is 62.0 cm³/mol. The summed E-state index contributed by atoms with van der Waals surface area (Å²) in [5.41, 5.74) is 0. The maximum absolute atomic E-state index is 11.5. The number of carbonyl (C=O) groups is 1. The zero-order valence-corrected chi connectivity index (χ0v) is 9.82. The van der Waals surface area contributed by atoms with Crippen LogP contribution >= 0.6 is 0 Å². The molecule has 0 aromatic carbocycles. The van der Waals surface area contributed by atoms with Gasteiger partial charge in [-0.25, -0.2) is 0 Å². The minimum Gasteiger partial charge on any atom is -0.396 e. The van der Waals surface area contributed by atoms with E-state index in [9.17, 15) is 4.79 Å². The number of aliphatic hydroxyl groups is 1. The molecule has 4 heteroatoms. The second kappa shape index (κ2) is 5.64. The predicted octanol–water partition coefficient (Wildman–Crippen LogP) is 0.359. The number of hydrogen-bond acceptors (Lipinski definition) is 3. The molecule has 0 aromatic heterocycles. The Bertz CT molecular complexity index is 241. The van der Waals surface area contributed by atoms with Gasteiger partial charge in [0.05, 0.1) is 0 Å². The molecule has 1 heterocycles. The molecule has 1 unspecified atom stereocenters. The molecule has 4 nitrogen and oxygen atoms in total. The Balaban J connectivity index is 1.57. The third-order valence-corrected chi connectivity index (χ3v) is 3.50. The lowest BCUT2D eigenvalue weighted by molar-refractivity contribution is -0.121. The fraction of sp³-hybridized carbons (Fsp3) is 0.917. The Morgan fingerprint density at radius 1 is 1.38 bits per heavy atom. The number of rotatable bonds is 6. The van der Waals surface area contributed by atoms with Crippen LogP contribution in [0.25, 0.3) is 0 Å². The highest BCUT2D eigenvalue weighted by molar-refractivity contribution is 5.76. The van der Waals surface area contributed by atoms with Gasteiger partial charge in [0.15, 0.2) is 0 Å². The molecule has 2 N–H and O–H groups in total. The molecule has 0 spiro atoms. The van der Waals surface area contributed by atoms with E-state index in [1.165, 1.54) is 6.42 Å². The van der Waals surface area contributed by atoms with E-state index in [1.807, 2.05) is 0 Å². The van der Waals surface area contributed by atoms with Gasteiger partial charge >= 0.3 is 0 Å². The first kappa shape index (κ1) is 11.9. The van der Waals surface area contributed by atoms with Crippen molar-refractivity contribution in [2.24, 2.45) is 5.92 Å². The largest absolute Gasteiger partial charge is 0.396 e. The monoisotopic (exact) mass is 226 g/mol. The van der Waals surface area contributed by atoms with Crippen molar-refractivity contribution < 1.29 is 9.90 Å². The fourth-order valence-electron chi connectivity index (χ4n) is 2.32. The quantitative estimate of drug-likeness (QED) is 0.687. The normalized spacial score (nSPS) is 25.9. The third kappa shape index (κ3) is 3.76. The van der Waals surface area contributed by atoms with Crippen LogP contribution in [-0.4, -0.2) is 48.2 Å². The molecule has 16 heavy (non-hydrogen) atoms. The lowest BCUT2D eigenvalue weighted by Gasteiger charge is -2.15. The molecule has 2 fully saturated rings. The van der Waals surface area contributed by atoms with Gasteiger partial charge in [0, 0.05) is 32.2 Å². The smallest absolute Gasteiger partial charge is 0.221 e. The van der Waals surface area contributed by atoms with Crippen LogP contribution < -0.4 is 5.32 Å². The van der Waals surface area contributed by atoms with Crippen molar-refractivity contribution in [3.8, 4) is 0 Å². The molecule has 2 rings (SSSR count). The highest BCUT2D eigenvalue weighted by Gasteiger charge is 2.25. The van der Waals surface area contributed by atoms with Crippen LogP contribution in [0.2, 0.25) is 0 Å². The molecule has 0 bridgehead atoms. The van der Waals surface area contributed by atoms with Crippen molar-refractivity contribution in [1.29, 1.82) is 0 Å². The van der Waals surface area contributed by atoms with Gasteiger partial charge in [-0.15, -0.1) is 0 Å². The molecule has 2 aliphatic rings. The molecule has 1 saturated heterocycles. The van der Waals surface area contributed by atoms with Gasteiger partial charge in [0.25, 0.3) is 0 Å².